The van der Waals surface area contributed by atoms with Crippen molar-refractivity contribution in [1.29, 1.82) is 0 Å². The van der Waals surface area contributed by atoms with Gasteiger partial charge in [0.2, 0.25) is 5.91 Å². The fraction of sp³-hybridized carbons (Fsp3) is 0.438. The number of hydrogen-bond donors (Lipinski definition) is 4. The van der Waals surface area contributed by atoms with Crippen molar-refractivity contribution in [3.63, 3.8) is 0 Å². The van der Waals surface area contributed by atoms with Gasteiger partial charge in [0.15, 0.2) is 12.2 Å². The van der Waals surface area contributed by atoms with E-state index in [-0.39, 0.29) is 18.4 Å². The Bertz CT molecular complexity index is 639. The lowest BCUT2D eigenvalue weighted by Crippen LogP contribution is -2.47. The van der Waals surface area contributed by atoms with Crippen LogP contribution in [0.15, 0.2) is 24.3 Å². The van der Waals surface area contributed by atoms with E-state index in [1.165, 1.54) is 0 Å². The van der Waals surface area contributed by atoms with Gasteiger partial charge in [-0.3, -0.25) is 9.59 Å². The van der Waals surface area contributed by atoms with Crippen LogP contribution in [-0.2, 0) is 14.4 Å². The van der Waals surface area contributed by atoms with Crippen molar-refractivity contribution >= 4 is 23.5 Å². The molecule has 1 unspecified atom stereocenters. The van der Waals surface area contributed by atoms with E-state index in [4.69, 9.17) is 9.84 Å². The third-order valence-corrected chi connectivity index (χ3v) is 3.51. The molecule has 8 heteroatoms. The average Bonchev–Trinajstić information content (AvgIpc) is 3.36. The SMILES string of the molecule is CC(O)(CNC(=O)COc1cccc(NC(=O)C2CC2)c1)C(=O)O. The maximum atomic E-state index is 11.7. The first kappa shape index (κ1) is 17.7. The van der Waals surface area contributed by atoms with Crippen LogP contribution in [0.4, 0.5) is 5.69 Å². The molecule has 1 aromatic carbocycles. The number of carboxylic acids is 1. The van der Waals surface area contributed by atoms with E-state index in [9.17, 15) is 19.5 Å². The zero-order chi connectivity index (χ0) is 17.7. The minimum absolute atomic E-state index is 0.0270. The number of ether oxygens (including phenoxy) is 1. The predicted molar refractivity (Wildman–Crippen MR) is 84.6 cm³/mol. The van der Waals surface area contributed by atoms with Gasteiger partial charge in [-0.25, -0.2) is 4.79 Å². The number of nitrogens with one attached hydrogen (secondary N) is 2. The highest BCUT2D eigenvalue weighted by Gasteiger charge is 2.30. The molecule has 1 aliphatic rings. The molecule has 2 amide bonds. The Morgan fingerprint density at radius 3 is 2.67 bits per heavy atom. The van der Waals surface area contributed by atoms with Gasteiger partial charge in [0, 0.05) is 17.7 Å². The molecule has 4 N–H and O–H groups in total. The molecule has 0 radical (unpaired) electrons. The smallest absolute Gasteiger partial charge is 0.337 e. The predicted octanol–water partition coefficient (Wildman–Crippen LogP) is 0.366. The van der Waals surface area contributed by atoms with Crippen molar-refractivity contribution in [3.8, 4) is 5.75 Å². The lowest BCUT2D eigenvalue weighted by atomic mass is 10.1. The van der Waals surface area contributed by atoms with E-state index in [1.54, 1.807) is 24.3 Å². The van der Waals surface area contributed by atoms with Crippen LogP contribution in [0.2, 0.25) is 0 Å². The third-order valence-electron chi connectivity index (χ3n) is 3.51. The average molecular weight is 336 g/mol. The van der Waals surface area contributed by atoms with Gasteiger partial charge in [0.05, 0.1) is 6.54 Å². The van der Waals surface area contributed by atoms with Crippen LogP contribution in [0.3, 0.4) is 0 Å². The van der Waals surface area contributed by atoms with Crippen LogP contribution >= 0.6 is 0 Å². The molecule has 0 heterocycles. The van der Waals surface area contributed by atoms with Crippen LogP contribution < -0.4 is 15.4 Å². The summed E-state index contributed by atoms with van der Waals surface area (Å²) in [6.07, 6.45) is 1.81. The van der Waals surface area contributed by atoms with Gasteiger partial charge in [-0.2, -0.15) is 0 Å². The summed E-state index contributed by atoms with van der Waals surface area (Å²) in [6, 6.07) is 6.64. The number of carbonyl (C=O) groups excluding carboxylic acids is 2. The van der Waals surface area contributed by atoms with Gasteiger partial charge >= 0.3 is 5.97 Å². The minimum Gasteiger partial charge on any atom is -0.484 e. The van der Waals surface area contributed by atoms with Crippen molar-refractivity contribution in [3.05, 3.63) is 24.3 Å². The molecule has 0 bridgehead atoms. The summed E-state index contributed by atoms with van der Waals surface area (Å²) in [7, 11) is 0. The number of rotatable bonds is 8. The molecule has 1 atom stereocenters. The Morgan fingerprint density at radius 1 is 1.33 bits per heavy atom. The second-order valence-electron chi connectivity index (χ2n) is 5.94. The van der Waals surface area contributed by atoms with Crippen LogP contribution in [0.25, 0.3) is 0 Å². The summed E-state index contributed by atoms with van der Waals surface area (Å²) in [5.74, 6) is -1.54. The van der Waals surface area contributed by atoms with Crippen LogP contribution in [0, 0.1) is 5.92 Å². The standard InChI is InChI=1S/C16H20N2O6/c1-16(23,15(21)22)9-17-13(19)8-24-12-4-2-3-11(7-12)18-14(20)10-5-6-10/h2-4,7,10,23H,5-6,8-9H2,1H3,(H,17,19)(H,18,20)(H,21,22). The number of carboxylic acid groups (broad SMARTS) is 1. The first-order valence-corrected chi connectivity index (χ1v) is 7.54. The molecular formula is C16H20N2O6. The fourth-order valence-corrected chi connectivity index (χ4v) is 1.80. The molecule has 0 aliphatic heterocycles. The van der Waals surface area contributed by atoms with Gasteiger partial charge in [-0.15, -0.1) is 0 Å². The molecule has 0 aromatic heterocycles. The zero-order valence-corrected chi connectivity index (χ0v) is 13.2. The van der Waals surface area contributed by atoms with Gasteiger partial charge in [-0.1, -0.05) is 6.07 Å². The second kappa shape index (κ2) is 7.31. The Kier molecular flexibility index (Phi) is 5.40. The molecule has 1 fully saturated rings. The lowest BCUT2D eigenvalue weighted by Gasteiger charge is -2.18. The zero-order valence-electron chi connectivity index (χ0n) is 13.2. The van der Waals surface area contributed by atoms with E-state index in [0.717, 1.165) is 19.8 Å². The van der Waals surface area contributed by atoms with Gasteiger partial charge < -0.3 is 25.6 Å². The van der Waals surface area contributed by atoms with Crippen molar-refractivity contribution in [2.24, 2.45) is 5.92 Å². The maximum absolute atomic E-state index is 11.7. The Hall–Kier alpha value is -2.61. The van der Waals surface area contributed by atoms with E-state index in [0.29, 0.717) is 11.4 Å². The molecule has 8 nitrogen and oxygen atoms in total. The number of hydrogen-bond acceptors (Lipinski definition) is 5. The molecule has 2 rings (SSSR count). The summed E-state index contributed by atoms with van der Waals surface area (Å²) in [5.41, 5.74) is -1.46. The molecule has 0 saturated heterocycles. The molecular weight excluding hydrogens is 316 g/mol. The number of aliphatic carboxylic acids is 1. The Labute approximate surface area is 138 Å². The van der Waals surface area contributed by atoms with E-state index < -0.39 is 24.0 Å². The molecule has 1 saturated carbocycles. The lowest BCUT2D eigenvalue weighted by molar-refractivity contribution is -0.156. The van der Waals surface area contributed by atoms with Crippen molar-refractivity contribution < 1.29 is 29.3 Å². The largest absolute Gasteiger partial charge is 0.484 e. The summed E-state index contributed by atoms with van der Waals surface area (Å²) >= 11 is 0. The molecule has 1 aromatic rings. The summed E-state index contributed by atoms with van der Waals surface area (Å²) in [6.45, 7) is 0.320. The van der Waals surface area contributed by atoms with E-state index in [2.05, 4.69) is 10.6 Å². The number of aliphatic hydroxyl groups is 1. The fourth-order valence-electron chi connectivity index (χ4n) is 1.80. The van der Waals surface area contributed by atoms with Crippen LogP contribution in [0.5, 0.6) is 5.75 Å². The number of benzene rings is 1. The normalized spacial score (nSPS) is 15.9. The highest BCUT2D eigenvalue weighted by Crippen LogP contribution is 2.30. The van der Waals surface area contributed by atoms with Gasteiger partial charge in [0.1, 0.15) is 5.75 Å². The summed E-state index contributed by atoms with van der Waals surface area (Å²) in [4.78, 5) is 34.1. The minimum atomic E-state index is -2.04. The first-order valence-electron chi connectivity index (χ1n) is 7.54. The maximum Gasteiger partial charge on any atom is 0.337 e. The van der Waals surface area contributed by atoms with Crippen molar-refractivity contribution in [2.75, 3.05) is 18.5 Å². The van der Waals surface area contributed by atoms with E-state index in [1.807, 2.05) is 0 Å². The van der Waals surface area contributed by atoms with Gasteiger partial charge in [0.25, 0.3) is 5.91 Å². The molecule has 24 heavy (non-hydrogen) atoms. The van der Waals surface area contributed by atoms with Crippen LogP contribution in [0.1, 0.15) is 19.8 Å². The highest BCUT2D eigenvalue weighted by atomic mass is 16.5. The summed E-state index contributed by atoms with van der Waals surface area (Å²) in [5, 5.41) is 23.3. The molecule has 130 valence electrons. The quantitative estimate of drug-likeness (QED) is 0.543. The molecule has 1 aliphatic carbocycles. The second-order valence-corrected chi connectivity index (χ2v) is 5.94. The Balaban J connectivity index is 1.80. The summed E-state index contributed by atoms with van der Waals surface area (Å²) < 4.78 is 5.30. The number of anilines is 1. The first-order chi connectivity index (χ1) is 11.3. The topological polar surface area (TPSA) is 125 Å². The number of carbonyl (C=O) groups is 3. The Morgan fingerprint density at radius 2 is 2.04 bits per heavy atom. The molecule has 0 spiro atoms. The van der Waals surface area contributed by atoms with Crippen molar-refractivity contribution in [2.45, 2.75) is 25.4 Å². The van der Waals surface area contributed by atoms with E-state index >= 15 is 0 Å². The van der Waals surface area contributed by atoms with Gasteiger partial charge in [-0.05, 0) is 31.9 Å². The van der Waals surface area contributed by atoms with Crippen LogP contribution in [-0.4, -0.2) is 46.7 Å². The number of amides is 2. The van der Waals surface area contributed by atoms with Crippen molar-refractivity contribution in [1.82, 2.24) is 5.32 Å². The highest BCUT2D eigenvalue weighted by molar-refractivity contribution is 5.94. The monoisotopic (exact) mass is 336 g/mol. The third kappa shape index (κ3) is 5.24.